The summed E-state index contributed by atoms with van der Waals surface area (Å²) in [5.74, 6) is 0. The van der Waals surface area contributed by atoms with Crippen LogP contribution in [0.5, 0.6) is 0 Å². The number of hydrogen-bond acceptors (Lipinski definition) is 5. The molecule has 112 valence electrons. The predicted octanol–water partition coefficient (Wildman–Crippen LogP) is 1.25. The van der Waals surface area contributed by atoms with Crippen molar-refractivity contribution in [3.05, 3.63) is 0 Å². The van der Waals surface area contributed by atoms with E-state index in [1.165, 1.54) is 0 Å². The first-order valence-corrected chi connectivity index (χ1v) is 7.09. The monoisotopic (exact) mass is 271 g/mol. The van der Waals surface area contributed by atoms with Gasteiger partial charge in [-0.2, -0.15) is 5.26 Å². The molecule has 0 saturated carbocycles. The minimum atomic E-state index is -0.463. The van der Waals surface area contributed by atoms with E-state index in [9.17, 15) is 0 Å². The molecular formula is C14H29N3O2. The third kappa shape index (κ3) is 8.95. The van der Waals surface area contributed by atoms with Crippen molar-refractivity contribution in [2.45, 2.75) is 32.7 Å². The highest BCUT2D eigenvalue weighted by atomic mass is 16.5. The lowest BCUT2D eigenvalue weighted by molar-refractivity contribution is 0.0801. The average Bonchev–Trinajstić information content (AvgIpc) is 2.44. The molecule has 0 saturated heterocycles. The zero-order valence-electron chi connectivity index (χ0n) is 12.9. The molecule has 0 aromatic carbocycles. The molecule has 5 heteroatoms. The van der Waals surface area contributed by atoms with Crippen LogP contribution >= 0.6 is 0 Å². The summed E-state index contributed by atoms with van der Waals surface area (Å²) in [5.41, 5.74) is -0.463. The molecule has 0 aliphatic carbocycles. The van der Waals surface area contributed by atoms with Gasteiger partial charge in [0, 0.05) is 32.8 Å². The Morgan fingerprint density at radius 3 is 2.00 bits per heavy atom. The quantitative estimate of drug-likeness (QED) is 0.541. The molecule has 1 unspecified atom stereocenters. The minimum absolute atomic E-state index is 0.463. The Morgan fingerprint density at radius 2 is 1.63 bits per heavy atom. The summed E-state index contributed by atoms with van der Waals surface area (Å²) in [7, 11) is 1.83. The van der Waals surface area contributed by atoms with Crippen molar-refractivity contribution in [1.82, 2.24) is 10.2 Å². The van der Waals surface area contributed by atoms with Crippen molar-refractivity contribution >= 4 is 0 Å². The van der Waals surface area contributed by atoms with Crippen LogP contribution in [0.4, 0.5) is 0 Å². The van der Waals surface area contributed by atoms with Crippen LogP contribution in [0.25, 0.3) is 0 Å². The SMILES string of the molecule is CCOCCN(CCOCC)CCC(C)(C#N)NC. The van der Waals surface area contributed by atoms with Gasteiger partial charge in [0.1, 0.15) is 5.54 Å². The first-order valence-electron chi connectivity index (χ1n) is 7.09. The molecular weight excluding hydrogens is 242 g/mol. The van der Waals surface area contributed by atoms with E-state index in [-0.39, 0.29) is 0 Å². The average molecular weight is 271 g/mol. The Kier molecular flexibility index (Phi) is 10.8. The molecule has 0 aliphatic heterocycles. The maximum Gasteiger partial charge on any atom is 0.104 e. The second-order valence-corrected chi connectivity index (χ2v) is 4.68. The molecule has 0 fully saturated rings. The Labute approximate surface area is 117 Å². The van der Waals surface area contributed by atoms with Gasteiger partial charge in [-0.3, -0.25) is 4.90 Å². The van der Waals surface area contributed by atoms with E-state index >= 15 is 0 Å². The summed E-state index contributed by atoms with van der Waals surface area (Å²) in [5, 5.41) is 12.2. The Bertz CT molecular complexity index is 246. The van der Waals surface area contributed by atoms with Crippen LogP contribution in [0.3, 0.4) is 0 Å². The van der Waals surface area contributed by atoms with E-state index < -0.39 is 5.54 Å². The smallest absolute Gasteiger partial charge is 0.104 e. The summed E-state index contributed by atoms with van der Waals surface area (Å²) in [6, 6.07) is 2.32. The summed E-state index contributed by atoms with van der Waals surface area (Å²) in [6.45, 7) is 11.5. The van der Waals surface area contributed by atoms with Crippen LogP contribution < -0.4 is 5.32 Å². The summed E-state index contributed by atoms with van der Waals surface area (Å²) in [6.07, 6.45) is 0.790. The van der Waals surface area contributed by atoms with Gasteiger partial charge in [-0.15, -0.1) is 0 Å². The van der Waals surface area contributed by atoms with Gasteiger partial charge in [-0.05, 0) is 34.2 Å². The molecule has 0 aromatic rings. The minimum Gasteiger partial charge on any atom is -0.380 e. The van der Waals surface area contributed by atoms with Crippen molar-refractivity contribution in [3.8, 4) is 6.07 Å². The van der Waals surface area contributed by atoms with Crippen LogP contribution in [0.2, 0.25) is 0 Å². The fraction of sp³-hybridized carbons (Fsp3) is 0.929. The number of ether oxygens (including phenoxy) is 2. The normalized spacial score (nSPS) is 14.3. The number of nitrogens with one attached hydrogen (secondary N) is 1. The molecule has 1 atom stereocenters. The maximum absolute atomic E-state index is 9.15. The zero-order valence-corrected chi connectivity index (χ0v) is 12.9. The van der Waals surface area contributed by atoms with Crippen molar-refractivity contribution in [2.24, 2.45) is 0 Å². The van der Waals surface area contributed by atoms with Crippen molar-refractivity contribution in [3.63, 3.8) is 0 Å². The summed E-state index contributed by atoms with van der Waals surface area (Å²) < 4.78 is 10.8. The number of nitriles is 1. The van der Waals surface area contributed by atoms with E-state index in [0.717, 1.165) is 52.5 Å². The molecule has 0 bridgehead atoms. The molecule has 0 heterocycles. The molecule has 0 amide bonds. The number of rotatable bonds is 12. The fourth-order valence-electron chi connectivity index (χ4n) is 1.63. The van der Waals surface area contributed by atoms with Crippen LogP contribution in [-0.4, -0.2) is 63.5 Å². The summed E-state index contributed by atoms with van der Waals surface area (Å²) in [4.78, 5) is 2.29. The molecule has 19 heavy (non-hydrogen) atoms. The maximum atomic E-state index is 9.15. The lowest BCUT2D eigenvalue weighted by Gasteiger charge is -2.27. The van der Waals surface area contributed by atoms with Crippen LogP contribution in [0, 0.1) is 11.3 Å². The van der Waals surface area contributed by atoms with Crippen LogP contribution in [-0.2, 0) is 9.47 Å². The third-order valence-corrected chi connectivity index (χ3v) is 3.24. The van der Waals surface area contributed by atoms with Crippen molar-refractivity contribution in [1.29, 1.82) is 5.26 Å². The number of hydrogen-bond donors (Lipinski definition) is 1. The van der Waals surface area contributed by atoms with Crippen LogP contribution in [0.15, 0.2) is 0 Å². The van der Waals surface area contributed by atoms with E-state index in [0.29, 0.717) is 0 Å². The van der Waals surface area contributed by atoms with Gasteiger partial charge in [-0.25, -0.2) is 0 Å². The largest absolute Gasteiger partial charge is 0.380 e. The first kappa shape index (κ1) is 18.3. The highest BCUT2D eigenvalue weighted by Crippen LogP contribution is 2.08. The van der Waals surface area contributed by atoms with Gasteiger partial charge in [0.05, 0.1) is 19.3 Å². The fourth-order valence-corrected chi connectivity index (χ4v) is 1.63. The van der Waals surface area contributed by atoms with Crippen molar-refractivity contribution < 1.29 is 9.47 Å². The Balaban J connectivity index is 4.12. The Morgan fingerprint density at radius 1 is 1.11 bits per heavy atom. The van der Waals surface area contributed by atoms with E-state index in [1.54, 1.807) is 0 Å². The van der Waals surface area contributed by atoms with Gasteiger partial charge in [0.15, 0.2) is 0 Å². The lowest BCUT2D eigenvalue weighted by atomic mass is 10.00. The first-order chi connectivity index (χ1) is 9.11. The van der Waals surface area contributed by atoms with Gasteiger partial charge < -0.3 is 14.8 Å². The predicted molar refractivity (Wildman–Crippen MR) is 77.1 cm³/mol. The van der Waals surface area contributed by atoms with E-state index in [1.807, 2.05) is 27.8 Å². The van der Waals surface area contributed by atoms with Crippen LogP contribution in [0.1, 0.15) is 27.2 Å². The second-order valence-electron chi connectivity index (χ2n) is 4.68. The van der Waals surface area contributed by atoms with Crippen molar-refractivity contribution in [2.75, 3.05) is 53.1 Å². The standard InChI is InChI=1S/C14H29N3O2/c1-5-18-11-9-17(10-12-19-6-2)8-7-14(3,13-15)16-4/h16H,5-12H2,1-4H3. The zero-order chi connectivity index (χ0) is 14.6. The molecule has 0 spiro atoms. The van der Waals surface area contributed by atoms with Gasteiger partial charge >= 0.3 is 0 Å². The van der Waals surface area contributed by atoms with E-state index in [2.05, 4.69) is 16.3 Å². The van der Waals surface area contributed by atoms with Gasteiger partial charge in [-0.1, -0.05) is 0 Å². The number of nitrogens with zero attached hydrogens (tertiary/aromatic N) is 2. The third-order valence-electron chi connectivity index (χ3n) is 3.24. The Hall–Kier alpha value is -0.670. The molecule has 0 radical (unpaired) electrons. The molecule has 0 aromatic heterocycles. The summed E-state index contributed by atoms with van der Waals surface area (Å²) >= 11 is 0. The molecule has 0 rings (SSSR count). The van der Waals surface area contributed by atoms with E-state index in [4.69, 9.17) is 14.7 Å². The highest BCUT2D eigenvalue weighted by molar-refractivity contribution is 5.03. The second kappa shape index (κ2) is 11.2. The molecule has 0 aliphatic rings. The van der Waals surface area contributed by atoms with Gasteiger partial charge in [0.25, 0.3) is 0 Å². The topological polar surface area (TPSA) is 57.5 Å². The lowest BCUT2D eigenvalue weighted by Crippen LogP contribution is -2.43. The molecule has 5 nitrogen and oxygen atoms in total. The van der Waals surface area contributed by atoms with Gasteiger partial charge in [0.2, 0.25) is 0 Å². The highest BCUT2D eigenvalue weighted by Gasteiger charge is 2.21. The molecule has 1 N–H and O–H groups in total.